The van der Waals surface area contributed by atoms with E-state index in [-0.39, 0.29) is 22.9 Å². The van der Waals surface area contributed by atoms with Crippen molar-refractivity contribution in [2.24, 2.45) is 0 Å². The largest absolute Gasteiger partial charge is 0.329 e. The molecular formula is C24H31N5O3. The van der Waals surface area contributed by atoms with Crippen molar-refractivity contribution >= 4 is 22.6 Å². The second kappa shape index (κ2) is 8.78. The molecule has 8 heteroatoms. The summed E-state index contributed by atoms with van der Waals surface area (Å²) < 4.78 is 5.14. The fraction of sp³-hybridized carbons (Fsp3) is 0.458. The minimum Gasteiger partial charge on any atom is -0.321 e. The Morgan fingerprint density at radius 1 is 1.03 bits per heavy atom. The third kappa shape index (κ3) is 3.68. The summed E-state index contributed by atoms with van der Waals surface area (Å²) in [6.45, 7) is 10.4. The lowest BCUT2D eigenvalue weighted by Crippen LogP contribution is -2.37. The van der Waals surface area contributed by atoms with Crippen LogP contribution in [0.3, 0.4) is 0 Å². The molecule has 3 heterocycles. The summed E-state index contributed by atoms with van der Waals surface area (Å²) >= 11 is 0. The zero-order chi connectivity index (χ0) is 23.0. The van der Waals surface area contributed by atoms with Crippen LogP contribution in [-0.2, 0) is 13.1 Å². The molecule has 0 aliphatic carbocycles. The first-order valence-electron chi connectivity index (χ1n) is 11.3. The fourth-order valence-corrected chi connectivity index (χ4v) is 4.69. The van der Waals surface area contributed by atoms with Crippen molar-refractivity contribution in [2.75, 3.05) is 18.4 Å². The van der Waals surface area contributed by atoms with E-state index in [1.54, 1.807) is 26.8 Å². The average molecular weight is 438 g/mol. The molecule has 4 rings (SSSR count). The third-order valence-corrected chi connectivity index (χ3v) is 6.50. The fourth-order valence-electron chi connectivity index (χ4n) is 4.69. The number of nitrogens with zero attached hydrogens (tertiary/aromatic N) is 3. The molecule has 0 radical (unpaired) electrons. The SMILES string of the molecule is CCn1c(=O)n(CC)c2cc(NC(=O)c3c(C)ccn(C4CCNCC4)c3=O)c(C)cc21. The van der Waals surface area contributed by atoms with Crippen molar-refractivity contribution in [1.82, 2.24) is 19.0 Å². The molecule has 0 unspecified atom stereocenters. The second-order valence-electron chi connectivity index (χ2n) is 8.45. The Kier molecular flexibility index (Phi) is 6.06. The van der Waals surface area contributed by atoms with E-state index < -0.39 is 5.91 Å². The van der Waals surface area contributed by atoms with Crippen LogP contribution in [0.2, 0.25) is 0 Å². The first-order chi connectivity index (χ1) is 15.4. The molecule has 8 nitrogen and oxygen atoms in total. The number of rotatable bonds is 5. The normalized spacial score (nSPS) is 14.8. The monoisotopic (exact) mass is 437 g/mol. The zero-order valence-corrected chi connectivity index (χ0v) is 19.2. The first kappa shape index (κ1) is 22.1. The number of imidazole rings is 1. The van der Waals surface area contributed by atoms with Gasteiger partial charge in [-0.2, -0.15) is 0 Å². The number of anilines is 1. The summed E-state index contributed by atoms with van der Waals surface area (Å²) in [6, 6.07) is 5.70. The molecule has 1 aromatic carbocycles. The van der Waals surface area contributed by atoms with Crippen molar-refractivity contribution in [2.45, 2.75) is 59.7 Å². The lowest BCUT2D eigenvalue weighted by atomic mass is 10.0. The highest BCUT2D eigenvalue weighted by atomic mass is 16.2. The van der Waals surface area contributed by atoms with Crippen LogP contribution in [0.1, 0.15) is 54.2 Å². The molecule has 1 aliphatic heterocycles. The van der Waals surface area contributed by atoms with Crippen molar-refractivity contribution in [3.63, 3.8) is 0 Å². The Morgan fingerprint density at radius 2 is 1.66 bits per heavy atom. The number of carbonyl (C=O) groups is 1. The molecule has 1 amide bonds. The number of hydrogen-bond donors (Lipinski definition) is 2. The summed E-state index contributed by atoms with van der Waals surface area (Å²) in [6.07, 6.45) is 3.53. The highest BCUT2D eigenvalue weighted by Crippen LogP contribution is 2.24. The quantitative estimate of drug-likeness (QED) is 0.642. The molecule has 1 fully saturated rings. The van der Waals surface area contributed by atoms with Crippen LogP contribution in [-0.4, -0.2) is 32.7 Å². The number of aromatic nitrogens is 3. The van der Waals surface area contributed by atoms with Crippen LogP contribution in [0.25, 0.3) is 11.0 Å². The van der Waals surface area contributed by atoms with E-state index in [4.69, 9.17) is 0 Å². The van der Waals surface area contributed by atoms with E-state index in [1.807, 2.05) is 39.0 Å². The number of amides is 1. The first-order valence-corrected chi connectivity index (χ1v) is 11.3. The van der Waals surface area contributed by atoms with Gasteiger partial charge in [-0.15, -0.1) is 0 Å². The Balaban J connectivity index is 1.74. The van der Waals surface area contributed by atoms with Crippen LogP contribution in [0.15, 0.2) is 34.0 Å². The predicted octanol–water partition coefficient (Wildman–Crippen LogP) is 2.80. The maximum atomic E-state index is 13.3. The van der Waals surface area contributed by atoms with Gasteiger partial charge in [-0.1, -0.05) is 0 Å². The molecule has 1 aliphatic rings. The molecule has 0 atom stereocenters. The zero-order valence-electron chi connectivity index (χ0n) is 19.2. The average Bonchev–Trinajstić information content (AvgIpc) is 3.04. The van der Waals surface area contributed by atoms with E-state index in [2.05, 4.69) is 10.6 Å². The van der Waals surface area contributed by atoms with Gasteiger partial charge in [-0.3, -0.25) is 18.7 Å². The van der Waals surface area contributed by atoms with Crippen molar-refractivity contribution in [1.29, 1.82) is 0 Å². The molecule has 2 aromatic heterocycles. The smallest absolute Gasteiger partial charge is 0.321 e. The van der Waals surface area contributed by atoms with Gasteiger partial charge in [0.05, 0.1) is 11.0 Å². The predicted molar refractivity (Wildman–Crippen MR) is 127 cm³/mol. The van der Waals surface area contributed by atoms with Crippen LogP contribution < -0.4 is 21.9 Å². The highest BCUT2D eigenvalue weighted by Gasteiger charge is 2.22. The second-order valence-corrected chi connectivity index (χ2v) is 8.45. The number of benzene rings is 1. The van der Waals surface area contributed by atoms with E-state index in [0.29, 0.717) is 24.3 Å². The molecule has 0 saturated carbocycles. The standard InChI is InChI=1S/C24H31N5O3/c1-5-27-19-13-16(4)18(14-20(19)28(6-2)24(27)32)26-22(30)21-15(3)9-12-29(23(21)31)17-7-10-25-11-8-17/h9,12-14,17,25H,5-8,10-11H2,1-4H3,(H,26,30). The summed E-state index contributed by atoms with van der Waals surface area (Å²) in [5, 5.41) is 6.24. The van der Waals surface area contributed by atoms with Gasteiger partial charge in [-0.25, -0.2) is 4.79 Å². The molecule has 170 valence electrons. The number of piperidine rings is 1. The van der Waals surface area contributed by atoms with Gasteiger partial charge in [0, 0.05) is 31.0 Å². The maximum absolute atomic E-state index is 13.3. The number of pyridine rings is 1. The van der Waals surface area contributed by atoms with Gasteiger partial charge in [0.15, 0.2) is 0 Å². The number of carbonyl (C=O) groups excluding carboxylic acids is 1. The van der Waals surface area contributed by atoms with Crippen molar-refractivity contribution < 1.29 is 4.79 Å². The van der Waals surface area contributed by atoms with Crippen molar-refractivity contribution in [3.05, 3.63) is 61.9 Å². The molecule has 32 heavy (non-hydrogen) atoms. The van der Waals surface area contributed by atoms with Gasteiger partial charge >= 0.3 is 5.69 Å². The number of aryl methyl sites for hydroxylation is 4. The summed E-state index contributed by atoms with van der Waals surface area (Å²) in [4.78, 5) is 39.2. The number of hydrogen-bond acceptors (Lipinski definition) is 4. The topological polar surface area (TPSA) is 90.1 Å². The minimum atomic E-state index is -0.418. The Morgan fingerprint density at radius 3 is 2.28 bits per heavy atom. The van der Waals surface area contributed by atoms with E-state index in [0.717, 1.165) is 42.5 Å². The number of nitrogens with one attached hydrogen (secondary N) is 2. The van der Waals surface area contributed by atoms with Crippen LogP contribution in [0.5, 0.6) is 0 Å². The molecule has 1 saturated heterocycles. The van der Waals surface area contributed by atoms with Gasteiger partial charge in [-0.05, 0) is 83.0 Å². The summed E-state index contributed by atoms with van der Waals surface area (Å²) in [5.74, 6) is -0.418. The lowest BCUT2D eigenvalue weighted by Gasteiger charge is -2.25. The minimum absolute atomic E-state index is 0.0587. The van der Waals surface area contributed by atoms with E-state index in [9.17, 15) is 14.4 Å². The van der Waals surface area contributed by atoms with Gasteiger partial charge < -0.3 is 15.2 Å². The van der Waals surface area contributed by atoms with Crippen LogP contribution in [0, 0.1) is 13.8 Å². The van der Waals surface area contributed by atoms with Crippen molar-refractivity contribution in [3.8, 4) is 0 Å². The molecule has 0 spiro atoms. The van der Waals surface area contributed by atoms with E-state index in [1.165, 1.54) is 0 Å². The van der Waals surface area contributed by atoms with Gasteiger partial charge in [0.2, 0.25) is 0 Å². The number of fused-ring (bicyclic) bond motifs is 1. The maximum Gasteiger partial charge on any atom is 0.329 e. The van der Waals surface area contributed by atoms with Crippen LogP contribution in [0.4, 0.5) is 5.69 Å². The van der Waals surface area contributed by atoms with E-state index >= 15 is 0 Å². The lowest BCUT2D eigenvalue weighted by molar-refractivity contribution is 0.102. The summed E-state index contributed by atoms with van der Waals surface area (Å²) in [7, 11) is 0. The molecule has 0 bridgehead atoms. The molecule has 3 aromatic rings. The van der Waals surface area contributed by atoms with Gasteiger partial charge in [0.1, 0.15) is 5.56 Å². The Labute approximate surface area is 186 Å². The van der Waals surface area contributed by atoms with Crippen LogP contribution >= 0.6 is 0 Å². The summed E-state index contributed by atoms with van der Waals surface area (Å²) in [5.41, 5.74) is 3.58. The third-order valence-electron chi connectivity index (χ3n) is 6.50. The molecule has 2 N–H and O–H groups in total. The highest BCUT2D eigenvalue weighted by molar-refractivity contribution is 6.06. The van der Waals surface area contributed by atoms with Gasteiger partial charge in [0.25, 0.3) is 11.5 Å². The molecular weight excluding hydrogens is 406 g/mol. The Hall–Kier alpha value is -3.13. The Bertz CT molecular complexity index is 1290.